The van der Waals surface area contributed by atoms with Crippen molar-refractivity contribution < 1.29 is 39.9 Å². The van der Waals surface area contributed by atoms with Gasteiger partial charge in [0.2, 0.25) is 5.91 Å². The quantitative estimate of drug-likeness (QED) is 0.423. The van der Waals surface area contributed by atoms with Gasteiger partial charge < -0.3 is 4.90 Å². The van der Waals surface area contributed by atoms with Crippen LogP contribution in [0, 0.1) is 0 Å². The fraction of sp³-hybridized carbons (Fsp3) is 0.353. The minimum Gasteiger partial charge on any atom is -0.334 e. The van der Waals surface area contributed by atoms with Crippen molar-refractivity contribution in [2.45, 2.75) is 12.4 Å². The number of aromatic nitrogens is 3. The summed E-state index contributed by atoms with van der Waals surface area (Å²) in [5.74, 6) is -1.29. The Balaban J connectivity index is 2.39. The molecule has 0 N–H and O–H groups in total. The van der Waals surface area contributed by atoms with E-state index in [4.69, 9.17) is 11.6 Å². The van der Waals surface area contributed by atoms with Crippen molar-refractivity contribution in [2.75, 3.05) is 26.4 Å². The number of alkyl halides is 8. The number of halogens is 9. The smallest absolute Gasteiger partial charge is 0.334 e. The zero-order valence-corrected chi connectivity index (χ0v) is 16.1. The summed E-state index contributed by atoms with van der Waals surface area (Å²) >= 11 is 5.32. The average Bonchev–Trinajstić information content (AvgIpc) is 3.13. The topological polar surface area (TPSA) is 51.0 Å². The van der Waals surface area contributed by atoms with Crippen LogP contribution in [-0.2, 0) is 17.1 Å². The first kappa shape index (κ1) is 24.6. The summed E-state index contributed by atoms with van der Waals surface area (Å²) in [6.07, 6.45) is -7.57. The predicted molar refractivity (Wildman–Crippen MR) is 94.3 cm³/mol. The van der Waals surface area contributed by atoms with Crippen LogP contribution in [0.15, 0.2) is 24.5 Å². The van der Waals surface area contributed by atoms with Gasteiger partial charge in [0.15, 0.2) is 5.82 Å². The Morgan fingerprint density at radius 1 is 1.03 bits per heavy atom. The first-order chi connectivity index (χ1) is 14.4. The lowest BCUT2D eigenvalue weighted by atomic mass is 10.0. The average molecular weight is 477 g/mol. The van der Waals surface area contributed by atoms with Crippen molar-refractivity contribution in [3.8, 4) is 11.4 Å². The highest BCUT2D eigenvalue weighted by Gasteiger charge is 2.41. The summed E-state index contributed by atoms with van der Waals surface area (Å²) < 4.78 is 104. The van der Waals surface area contributed by atoms with Crippen LogP contribution in [0.25, 0.3) is 17.6 Å². The van der Waals surface area contributed by atoms with Gasteiger partial charge in [0, 0.05) is 30.9 Å². The second kappa shape index (κ2) is 9.62. The highest BCUT2D eigenvalue weighted by Crippen LogP contribution is 2.44. The van der Waals surface area contributed by atoms with Crippen molar-refractivity contribution >= 4 is 23.7 Å². The van der Waals surface area contributed by atoms with Crippen LogP contribution < -0.4 is 0 Å². The second-order valence-electron chi connectivity index (χ2n) is 5.95. The minimum absolute atomic E-state index is 0.360. The Hall–Kier alpha value is -2.70. The maximum absolute atomic E-state index is 13.1. The summed E-state index contributed by atoms with van der Waals surface area (Å²) in [6, 6.07) is 0.743. The normalized spacial score (nSPS) is 12.5. The zero-order chi connectivity index (χ0) is 23.4. The summed E-state index contributed by atoms with van der Waals surface area (Å²) in [5.41, 5.74) is -4.04. The van der Waals surface area contributed by atoms with Crippen molar-refractivity contribution in [1.82, 2.24) is 19.7 Å². The van der Waals surface area contributed by atoms with E-state index in [0.29, 0.717) is 12.1 Å². The van der Waals surface area contributed by atoms with Crippen molar-refractivity contribution in [1.29, 1.82) is 0 Å². The Morgan fingerprint density at radius 2 is 1.55 bits per heavy atom. The first-order valence-electron chi connectivity index (χ1n) is 8.37. The van der Waals surface area contributed by atoms with Crippen LogP contribution in [0.1, 0.15) is 11.1 Å². The van der Waals surface area contributed by atoms with E-state index in [1.165, 1.54) is 0 Å². The molecule has 0 bridgehead atoms. The largest absolute Gasteiger partial charge is 0.417 e. The number of benzene rings is 1. The van der Waals surface area contributed by atoms with E-state index in [1.807, 2.05) is 0 Å². The molecule has 0 unspecified atom stereocenters. The summed E-state index contributed by atoms with van der Waals surface area (Å²) in [6.45, 7) is -2.54. The first-order valence-corrected chi connectivity index (χ1v) is 8.74. The highest BCUT2D eigenvalue weighted by atomic mass is 35.5. The lowest BCUT2D eigenvalue weighted by Gasteiger charge is -2.17. The maximum atomic E-state index is 13.1. The van der Waals surface area contributed by atoms with Crippen LogP contribution in [0.3, 0.4) is 0 Å². The Kier molecular flexibility index (Phi) is 7.63. The lowest BCUT2D eigenvalue weighted by molar-refractivity contribution is -0.142. The molecular formula is C17H13ClF8N4O. The van der Waals surface area contributed by atoms with Gasteiger partial charge in [0.05, 0.1) is 16.1 Å². The van der Waals surface area contributed by atoms with Crippen LogP contribution in [0.2, 0.25) is 5.02 Å². The molecule has 2 rings (SSSR count). The van der Waals surface area contributed by atoms with E-state index in [9.17, 15) is 39.9 Å². The SMILES string of the molecule is O=C(/C=C\n1cnc(-c2cc(C(F)(F)F)c(Cl)c(C(F)(F)F)c2)n1)N(CCF)CCF. The minimum atomic E-state index is -5.17. The molecule has 0 aliphatic carbocycles. The number of amides is 1. The summed E-state index contributed by atoms with van der Waals surface area (Å²) in [7, 11) is 0. The molecule has 0 aliphatic heterocycles. The summed E-state index contributed by atoms with van der Waals surface area (Å²) in [5, 5.41) is 2.20. The monoisotopic (exact) mass is 476 g/mol. The molecule has 0 aliphatic rings. The predicted octanol–water partition coefficient (Wildman–Crippen LogP) is 4.87. The summed E-state index contributed by atoms with van der Waals surface area (Å²) in [4.78, 5) is 16.4. The molecule has 14 heteroatoms. The van der Waals surface area contributed by atoms with Gasteiger partial charge in [0.25, 0.3) is 0 Å². The zero-order valence-electron chi connectivity index (χ0n) is 15.3. The van der Waals surface area contributed by atoms with E-state index >= 15 is 0 Å². The molecule has 0 fully saturated rings. The van der Waals surface area contributed by atoms with Crippen molar-refractivity contribution in [3.05, 3.63) is 40.7 Å². The molecule has 2 aromatic rings. The molecule has 0 saturated heterocycles. The second-order valence-corrected chi connectivity index (χ2v) is 6.33. The van der Waals surface area contributed by atoms with Gasteiger partial charge in [-0.2, -0.15) is 26.3 Å². The van der Waals surface area contributed by atoms with E-state index in [-0.39, 0.29) is 13.1 Å². The van der Waals surface area contributed by atoms with Gasteiger partial charge in [-0.3, -0.25) is 4.79 Å². The van der Waals surface area contributed by atoms with Gasteiger partial charge >= 0.3 is 12.4 Å². The van der Waals surface area contributed by atoms with Crippen molar-refractivity contribution in [2.24, 2.45) is 0 Å². The van der Waals surface area contributed by atoms with Gasteiger partial charge in [-0.1, -0.05) is 11.6 Å². The standard InChI is InChI=1S/C17H13ClF8N4O/c18-14-11(16(21,22)23)7-10(8-12(14)17(24,25)26)15-27-9-30(28-15)4-1-13(31)29(5-2-19)6-3-20/h1,4,7-9H,2-3,5-6H2/b4-1-. The molecule has 0 saturated carbocycles. The molecule has 1 aromatic heterocycles. The van der Waals surface area contributed by atoms with Gasteiger partial charge in [-0.25, -0.2) is 18.4 Å². The van der Waals surface area contributed by atoms with E-state index < -0.39 is 59.1 Å². The van der Waals surface area contributed by atoms with Crippen molar-refractivity contribution in [3.63, 3.8) is 0 Å². The number of nitrogens with zero attached hydrogens (tertiary/aromatic N) is 4. The van der Waals surface area contributed by atoms with Gasteiger partial charge in [0.1, 0.15) is 19.7 Å². The number of hydrogen-bond donors (Lipinski definition) is 0. The number of carbonyl (C=O) groups excluding carboxylic acids is 1. The molecule has 1 aromatic carbocycles. The fourth-order valence-electron chi connectivity index (χ4n) is 2.43. The van der Waals surface area contributed by atoms with Gasteiger partial charge in [-0.15, -0.1) is 5.10 Å². The van der Waals surface area contributed by atoms with Crippen LogP contribution in [-0.4, -0.2) is 52.0 Å². The van der Waals surface area contributed by atoms with Gasteiger partial charge in [-0.05, 0) is 12.1 Å². The molecule has 1 amide bonds. The Morgan fingerprint density at radius 3 is 2.00 bits per heavy atom. The van der Waals surface area contributed by atoms with E-state index in [2.05, 4.69) is 10.1 Å². The van der Waals surface area contributed by atoms with Crippen LogP contribution in [0.5, 0.6) is 0 Å². The van der Waals surface area contributed by atoms with E-state index in [0.717, 1.165) is 28.2 Å². The third kappa shape index (κ3) is 6.15. The molecule has 0 spiro atoms. The molecule has 170 valence electrons. The molecular weight excluding hydrogens is 464 g/mol. The third-order valence-electron chi connectivity index (χ3n) is 3.84. The number of carbonyl (C=O) groups is 1. The van der Waals surface area contributed by atoms with Crippen LogP contribution in [0.4, 0.5) is 35.1 Å². The maximum Gasteiger partial charge on any atom is 0.417 e. The molecule has 1 heterocycles. The highest BCUT2D eigenvalue weighted by molar-refractivity contribution is 6.32. The third-order valence-corrected chi connectivity index (χ3v) is 4.25. The Labute approximate surface area is 174 Å². The number of hydrogen-bond acceptors (Lipinski definition) is 3. The van der Waals surface area contributed by atoms with E-state index in [1.54, 1.807) is 0 Å². The molecule has 5 nitrogen and oxygen atoms in total. The lowest BCUT2D eigenvalue weighted by Crippen LogP contribution is -2.33. The molecule has 0 radical (unpaired) electrons. The van der Waals surface area contributed by atoms with Crippen LogP contribution >= 0.6 is 11.6 Å². The fourth-order valence-corrected chi connectivity index (χ4v) is 2.75. The Bertz CT molecular complexity index is 913. The molecule has 31 heavy (non-hydrogen) atoms. The number of rotatable bonds is 7. The molecule has 0 atom stereocenters.